The van der Waals surface area contributed by atoms with Gasteiger partial charge in [0.15, 0.2) is 0 Å². The zero-order valence-corrected chi connectivity index (χ0v) is 12.4. The molecule has 1 aliphatic rings. The highest BCUT2D eigenvalue weighted by atomic mass is 16.6. The van der Waals surface area contributed by atoms with Gasteiger partial charge in [0, 0.05) is 0 Å². The predicted molar refractivity (Wildman–Crippen MR) is 76.6 cm³/mol. The van der Waals surface area contributed by atoms with E-state index >= 15 is 0 Å². The lowest BCUT2D eigenvalue weighted by Gasteiger charge is -2.34. The molecule has 0 aromatic heterocycles. The number of esters is 1. The highest BCUT2D eigenvalue weighted by molar-refractivity contribution is 5.97. The van der Waals surface area contributed by atoms with E-state index in [2.05, 4.69) is 0 Å². The van der Waals surface area contributed by atoms with Crippen molar-refractivity contribution < 1.29 is 23.8 Å². The minimum Gasteiger partial charge on any atom is -0.497 e. The molecule has 0 bridgehead atoms. The first-order valence-electron chi connectivity index (χ1n) is 6.83. The van der Waals surface area contributed by atoms with Crippen molar-refractivity contribution >= 4 is 17.7 Å². The zero-order valence-electron chi connectivity index (χ0n) is 12.4. The molecule has 0 fully saturated rings. The third kappa shape index (κ3) is 2.94. The van der Waals surface area contributed by atoms with E-state index in [1.807, 2.05) is 6.07 Å². The molecule has 1 atom stereocenters. The van der Waals surface area contributed by atoms with E-state index in [4.69, 9.17) is 14.2 Å². The number of carbonyl (C=O) groups excluding carboxylic acids is 2. The molecule has 2 rings (SSSR count). The average Bonchev–Trinajstić information content (AvgIpc) is 2.52. The maximum absolute atomic E-state index is 12.2. The lowest BCUT2D eigenvalue weighted by atomic mass is 9.96. The SMILES string of the molecule is CCOC(=O)N1c2ccc(OC)cc2CC[C@H]1C(=O)OC. The number of nitrogens with zero attached hydrogens (tertiary/aromatic N) is 1. The summed E-state index contributed by atoms with van der Waals surface area (Å²) in [6.45, 7) is 1.97. The fourth-order valence-electron chi connectivity index (χ4n) is 2.49. The predicted octanol–water partition coefficient (Wildman–Crippen LogP) is 2.15. The topological polar surface area (TPSA) is 65.1 Å². The van der Waals surface area contributed by atoms with Crippen LogP contribution < -0.4 is 9.64 Å². The molecule has 1 aromatic carbocycles. The molecule has 1 aliphatic heterocycles. The van der Waals surface area contributed by atoms with E-state index in [1.54, 1.807) is 26.2 Å². The van der Waals surface area contributed by atoms with E-state index in [0.717, 1.165) is 5.56 Å². The van der Waals surface area contributed by atoms with E-state index in [1.165, 1.54) is 12.0 Å². The number of amides is 1. The first kappa shape index (κ1) is 15.2. The molecule has 0 unspecified atom stereocenters. The van der Waals surface area contributed by atoms with Gasteiger partial charge in [0.25, 0.3) is 0 Å². The quantitative estimate of drug-likeness (QED) is 0.799. The second-order valence-corrected chi connectivity index (χ2v) is 4.64. The normalized spacial score (nSPS) is 16.9. The Balaban J connectivity index is 2.42. The Kier molecular flexibility index (Phi) is 4.67. The summed E-state index contributed by atoms with van der Waals surface area (Å²) >= 11 is 0. The van der Waals surface area contributed by atoms with Crippen LogP contribution in [0.2, 0.25) is 0 Å². The standard InChI is InChI=1S/C15H19NO5/c1-4-21-15(18)16-12-8-6-11(19-2)9-10(12)5-7-13(16)14(17)20-3/h6,8-9,13H,4-5,7H2,1-3H3/t13-/m0/s1. The number of ether oxygens (including phenoxy) is 3. The maximum Gasteiger partial charge on any atom is 0.415 e. The number of rotatable bonds is 3. The number of aryl methyl sites for hydroxylation is 1. The van der Waals surface area contributed by atoms with Crippen LogP contribution in [0.25, 0.3) is 0 Å². The van der Waals surface area contributed by atoms with E-state index in [9.17, 15) is 9.59 Å². The van der Waals surface area contributed by atoms with Crippen molar-refractivity contribution in [3.63, 3.8) is 0 Å². The number of methoxy groups -OCH3 is 2. The number of fused-ring (bicyclic) bond motifs is 1. The molecule has 0 radical (unpaired) electrons. The Bertz CT molecular complexity index is 543. The summed E-state index contributed by atoms with van der Waals surface area (Å²) in [7, 11) is 2.90. The summed E-state index contributed by atoms with van der Waals surface area (Å²) in [6, 6.07) is 4.73. The van der Waals surface area contributed by atoms with Crippen LogP contribution >= 0.6 is 0 Å². The second-order valence-electron chi connectivity index (χ2n) is 4.64. The van der Waals surface area contributed by atoms with Crippen LogP contribution in [0.5, 0.6) is 5.75 Å². The summed E-state index contributed by atoms with van der Waals surface area (Å²) in [6.07, 6.45) is 0.618. The van der Waals surface area contributed by atoms with Crippen LogP contribution in [0.4, 0.5) is 10.5 Å². The van der Waals surface area contributed by atoms with Crippen molar-refractivity contribution in [2.24, 2.45) is 0 Å². The molecule has 1 amide bonds. The van der Waals surface area contributed by atoms with Crippen molar-refractivity contribution in [3.8, 4) is 5.75 Å². The molecular formula is C15H19NO5. The number of hydrogen-bond donors (Lipinski definition) is 0. The monoisotopic (exact) mass is 293 g/mol. The molecule has 114 valence electrons. The van der Waals surface area contributed by atoms with Crippen molar-refractivity contribution in [2.75, 3.05) is 25.7 Å². The van der Waals surface area contributed by atoms with Crippen LogP contribution in [0.15, 0.2) is 18.2 Å². The van der Waals surface area contributed by atoms with E-state index in [0.29, 0.717) is 24.3 Å². The number of anilines is 1. The van der Waals surface area contributed by atoms with Crippen molar-refractivity contribution in [2.45, 2.75) is 25.8 Å². The van der Waals surface area contributed by atoms with Gasteiger partial charge in [-0.2, -0.15) is 0 Å². The first-order chi connectivity index (χ1) is 10.1. The molecule has 6 heteroatoms. The van der Waals surface area contributed by atoms with Gasteiger partial charge >= 0.3 is 12.1 Å². The zero-order chi connectivity index (χ0) is 15.4. The van der Waals surface area contributed by atoms with Gasteiger partial charge in [-0.3, -0.25) is 4.90 Å². The van der Waals surface area contributed by atoms with Gasteiger partial charge in [-0.25, -0.2) is 9.59 Å². The number of carbonyl (C=O) groups is 2. The summed E-state index contributed by atoms with van der Waals surface area (Å²) in [4.78, 5) is 25.5. The summed E-state index contributed by atoms with van der Waals surface area (Å²) in [5.74, 6) is 0.276. The molecule has 0 N–H and O–H groups in total. The highest BCUT2D eigenvalue weighted by Crippen LogP contribution is 2.34. The van der Waals surface area contributed by atoms with Gasteiger partial charge in [0.05, 0.1) is 26.5 Å². The smallest absolute Gasteiger partial charge is 0.415 e. The summed E-state index contributed by atoms with van der Waals surface area (Å²) in [5, 5.41) is 0. The van der Waals surface area contributed by atoms with Crippen LogP contribution in [0.3, 0.4) is 0 Å². The Hall–Kier alpha value is -2.24. The molecule has 1 heterocycles. The minimum absolute atomic E-state index is 0.245. The molecule has 6 nitrogen and oxygen atoms in total. The lowest BCUT2D eigenvalue weighted by Crippen LogP contribution is -2.49. The van der Waals surface area contributed by atoms with Crippen LogP contribution in [-0.4, -0.2) is 38.9 Å². The third-order valence-electron chi connectivity index (χ3n) is 3.48. The van der Waals surface area contributed by atoms with Gasteiger partial charge in [-0.15, -0.1) is 0 Å². The fraction of sp³-hybridized carbons (Fsp3) is 0.467. The summed E-state index contributed by atoms with van der Waals surface area (Å²) in [5.41, 5.74) is 1.61. The molecule has 0 aliphatic carbocycles. The number of benzene rings is 1. The fourth-order valence-corrected chi connectivity index (χ4v) is 2.49. The van der Waals surface area contributed by atoms with Crippen molar-refractivity contribution in [1.29, 1.82) is 0 Å². The van der Waals surface area contributed by atoms with Gasteiger partial charge in [-0.05, 0) is 43.5 Å². The van der Waals surface area contributed by atoms with Crippen LogP contribution in [-0.2, 0) is 20.7 Å². The molecule has 1 aromatic rings. The highest BCUT2D eigenvalue weighted by Gasteiger charge is 2.37. The van der Waals surface area contributed by atoms with E-state index < -0.39 is 18.1 Å². The minimum atomic E-state index is -0.657. The van der Waals surface area contributed by atoms with Gasteiger partial charge in [-0.1, -0.05) is 0 Å². The van der Waals surface area contributed by atoms with Gasteiger partial charge in [0.1, 0.15) is 11.8 Å². The van der Waals surface area contributed by atoms with E-state index in [-0.39, 0.29) is 6.61 Å². The molecule has 21 heavy (non-hydrogen) atoms. The first-order valence-corrected chi connectivity index (χ1v) is 6.83. The van der Waals surface area contributed by atoms with Crippen LogP contribution in [0, 0.1) is 0 Å². The average molecular weight is 293 g/mol. The largest absolute Gasteiger partial charge is 0.497 e. The maximum atomic E-state index is 12.2. The van der Waals surface area contributed by atoms with Crippen molar-refractivity contribution in [3.05, 3.63) is 23.8 Å². The summed E-state index contributed by atoms with van der Waals surface area (Å²) < 4.78 is 15.1. The molecule has 0 saturated heterocycles. The number of hydrogen-bond acceptors (Lipinski definition) is 5. The van der Waals surface area contributed by atoms with Crippen molar-refractivity contribution in [1.82, 2.24) is 0 Å². The Labute approximate surface area is 123 Å². The lowest BCUT2D eigenvalue weighted by molar-refractivity contribution is -0.142. The third-order valence-corrected chi connectivity index (χ3v) is 3.48. The Morgan fingerprint density at radius 3 is 2.71 bits per heavy atom. The molecular weight excluding hydrogens is 274 g/mol. The second kappa shape index (κ2) is 6.47. The van der Waals surface area contributed by atoms with Gasteiger partial charge < -0.3 is 14.2 Å². The van der Waals surface area contributed by atoms with Gasteiger partial charge in [0.2, 0.25) is 0 Å². The molecule has 0 saturated carbocycles. The Morgan fingerprint density at radius 1 is 1.33 bits per heavy atom. The Morgan fingerprint density at radius 2 is 2.10 bits per heavy atom. The van der Waals surface area contributed by atoms with Crippen LogP contribution in [0.1, 0.15) is 18.9 Å². The molecule has 0 spiro atoms.